The van der Waals surface area contributed by atoms with Crippen LogP contribution >= 0.6 is 15.9 Å². The van der Waals surface area contributed by atoms with Gasteiger partial charge in [0.25, 0.3) is 0 Å². The Kier molecular flexibility index (Phi) is 5.39. The molecular weight excluding hydrogens is 366 g/mol. The van der Waals surface area contributed by atoms with Gasteiger partial charge in [-0.2, -0.15) is 5.10 Å². The Morgan fingerprint density at radius 1 is 1.25 bits per heavy atom. The lowest BCUT2D eigenvalue weighted by molar-refractivity contribution is -0.117. The van der Waals surface area contributed by atoms with Gasteiger partial charge in [0.1, 0.15) is 5.82 Å². The Balaban J connectivity index is 1.80. The first kappa shape index (κ1) is 17.2. The van der Waals surface area contributed by atoms with Crippen LogP contribution in [0.25, 0.3) is 11.1 Å². The van der Waals surface area contributed by atoms with Crippen LogP contribution in [0.5, 0.6) is 0 Å². The summed E-state index contributed by atoms with van der Waals surface area (Å²) < 4.78 is 2.81. The van der Waals surface area contributed by atoms with Gasteiger partial charge in [0, 0.05) is 23.5 Å². The van der Waals surface area contributed by atoms with Gasteiger partial charge in [0.05, 0.1) is 5.69 Å². The van der Waals surface area contributed by atoms with Gasteiger partial charge in [-0.25, -0.2) is 0 Å². The minimum atomic E-state index is 0.100. The Morgan fingerprint density at radius 3 is 2.58 bits per heavy atom. The average molecular weight is 390 g/mol. The van der Waals surface area contributed by atoms with Crippen molar-refractivity contribution in [3.63, 3.8) is 0 Å². The number of benzene rings is 1. The number of anilines is 1. The molecule has 1 heterocycles. The van der Waals surface area contributed by atoms with Crippen molar-refractivity contribution in [1.82, 2.24) is 9.78 Å². The van der Waals surface area contributed by atoms with E-state index >= 15 is 0 Å². The van der Waals surface area contributed by atoms with Crippen molar-refractivity contribution in [3.05, 3.63) is 34.4 Å². The zero-order valence-corrected chi connectivity index (χ0v) is 15.9. The summed E-state index contributed by atoms with van der Waals surface area (Å²) in [6.07, 6.45) is 6.80. The maximum absolute atomic E-state index is 12.5. The number of rotatable bonds is 4. The zero-order chi connectivity index (χ0) is 17.1. The highest BCUT2D eigenvalue weighted by atomic mass is 79.9. The van der Waals surface area contributed by atoms with E-state index in [9.17, 15) is 4.79 Å². The first-order valence-electron chi connectivity index (χ1n) is 8.64. The maximum Gasteiger partial charge on any atom is 0.225 e. The van der Waals surface area contributed by atoms with Crippen LogP contribution in [-0.2, 0) is 11.8 Å². The summed E-state index contributed by atoms with van der Waals surface area (Å²) in [4.78, 5) is 12.5. The number of carbonyl (C=O) groups excluding carboxylic acids is 1. The number of halogens is 1. The van der Waals surface area contributed by atoms with Crippen molar-refractivity contribution in [1.29, 1.82) is 0 Å². The largest absolute Gasteiger partial charge is 0.310 e. The topological polar surface area (TPSA) is 46.9 Å². The Bertz CT molecular complexity index is 715. The second-order valence-electron chi connectivity index (χ2n) is 6.70. The zero-order valence-electron chi connectivity index (χ0n) is 14.3. The van der Waals surface area contributed by atoms with E-state index in [1.54, 1.807) is 4.68 Å². The van der Waals surface area contributed by atoms with Crippen LogP contribution in [0.2, 0.25) is 0 Å². The van der Waals surface area contributed by atoms with E-state index in [4.69, 9.17) is 0 Å². The van der Waals surface area contributed by atoms with Gasteiger partial charge in [-0.15, -0.1) is 0 Å². The molecule has 0 atom stereocenters. The van der Waals surface area contributed by atoms with Gasteiger partial charge in [0.2, 0.25) is 5.91 Å². The van der Waals surface area contributed by atoms with E-state index in [-0.39, 0.29) is 5.91 Å². The normalized spacial score (nSPS) is 15.5. The summed E-state index contributed by atoms with van der Waals surface area (Å²) in [5, 5.41) is 7.61. The molecular formula is C19H24BrN3O. The Hall–Kier alpha value is -1.62. The van der Waals surface area contributed by atoms with Crippen LogP contribution in [0.3, 0.4) is 0 Å². The molecule has 1 saturated carbocycles. The van der Waals surface area contributed by atoms with Gasteiger partial charge in [0.15, 0.2) is 0 Å². The highest BCUT2D eigenvalue weighted by Crippen LogP contribution is 2.33. The first-order chi connectivity index (χ1) is 11.5. The van der Waals surface area contributed by atoms with E-state index in [1.165, 1.54) is 32.1 Å². The van der Waals surface area contributed by atoms with Gasteiger partial charge >= 0.3 is 0 Å². The van der Waals surface area contributed by atoms with Crippen LogP contribution in [0.1, 0.15) is 44.2 Å². The quantitative estimate of drug-likeness (QED) is 0.793. The summed E-state index contributed by atoms with van der Waals surface area (Å²) in [7, 11) is 1.88. The van der Waals surface area contributed by atoms with Crippen LogP contribution in [-0.4, -0.2) is 15.7 Å². The summed E-state index contributed by atoms with van der Waals surface area (Å²) in [6.45, 7) is 1.98. The number of nitrogens with one attached hydrogen (secondary N) is 1. The minimum Gasteiger partial charge on any atom is -0.310 e. The smallest absolute Gasteiger partial charge is 0.225 e. The fourth-order valence-corrected chi connectivity index (χ4v) is 3.86. The molecule has 24 heavy (non-hydrogen) atoms. The summed E-state index contributed by atoms with van der Waals surface area (Å²) >= 11 is 3.47. The third kappa shape index (κ3) is 3.89. The monoisotopic (exact) mass is 389 g/mol. The van der Waals surface area contributed by atoms with E-state index in [1.807, 2.05) is 38.2 Å². The van der Waals surface area contributed by atoms with Gasteiger partial charge in [-0.1, -0.05) is 47.3 Å². The predicted molar refractivity (Wildman–Crippen MR) is 101 cm³/mol. The Labute approximate surface area is 151 Å². The fourth-order valence-electron chi connectivity index (χ4n) is 3.60. The second kappa shape index (κ2) is 7.51. The number of hydrogen-bond donors (Lipinski definition) is 1. The molecule has 128 valence electrons. The molecule has 1 aliphatic carbocycles. The highest BCUT2D eigenvalue weighted by Gasteiger charge is 2.21. The van der Waals surface area contributed by atoms with E-state index in [0.717, 1.165) is 27.1 Å². The molecule has 0 spiro atoms. The van der Waals surface area contributed by atoms with Gasteiger partial charge in [-0.3, -0.25) is 9.48 Å². The fraction of sp³-hybridized carbons (Fsp3) is 0.474. The maximum atomic E-state index is 12.5. The standard InChI is InChI=1S/C19H24BrN3O/c1-13-18(15-8-10-16(20)11-9-15)19(23(2)22-13)21-17(24)12-14-6-4-3-5-7-14/h8-11,14H,3-7,12H2,1-2H3,(H,21,24). The molecule has 1 amide bonds. The van der Waals surface area contributed by atoms with Crippen molar-refractivity contribution in [2.24, 2.45) is 13.0 Å². The molecule has 1 aliphatic rings. The molecule has 0 saturated heterocycles. The Morgan fingerprint density at radius 2 is 1.92 bits per heavy atom. The van der Waals surface area contributed by atoms with Crippen LogP contribution in [0, 0.1) is 12.8 Å². The summed E-state index contributed by atoms with van der Waals surface area (Å²) in [5.74, 6) is 1.42. The number of hydrogen-bond acceptors (Lipinski definition) is 2. The third-order valence-electron chi connectivity index (χ3n) is 4.81. The van der Waals surface area contributed by atoms with Crippen LogP contribution in [0.4, 0.5) is 5.82 Å². The molecule has 1 aromatic carbocycles. The van der Waals surface area contributed by atoms with Crippen molar-refractivity contribution in [3.8, 4) is 11.1 Å². The lowest BCUT2D eigenvalue weighted by Gasteiger charge is -2.21. The number of nitrogens with zero attached hydrogens (tertiary/aromatic N) is 2. The van der Waals surface area contributed by atoms with Crippen molar-refractivity contribution < 1.29 is 4.79 Å². The molecule has 0 aliphatic heterocycles. The average Bonchev–Trinajstić information content (AvgIpc) is 2.83. The van der Waals surface area contributed by atoms with Crippen molar-refractivity contribution in [2.75, 3.05) is 5.32 Å². The molecule has 1 N–H and O–H groups in total. The number of aryl methyl sites for hydroxylation is 2. The molecule has 2 aromatic rings. The second-order valence-corrected chi connectivity index (χ2v) is 7.61. The molecule has 0 unspecified atom stereocenters. The molecule has 1 aromatic heterocycles. The molecule has 4 nitrogen and oxygen atoms in total. The van der Waals surface area contributed by atoms with Gasteiger partial charge < -0.3 is 5.32 Å². The third-order valence-corrected chi connectivity index (χ3v) is 5.34. The van der Waals surface area contributed by atoms with E-state index in [0.29, 0.717) is 12.3 Å². The SMILES string of the molecule is Cc1nn(C)c(NC(=O)CC2CCCCC2)c1-c1ccc(Br)cc1. The van der Waals surface area contributed by atoms with Crippen molar-refractivity contribution in [2.45, 2.75) is 45.4 Å². The molecule has 1 fully saturated rings. The number of amides is 1. The van der Waals surface area contributed by atoms with E-state index < -0.39 is 0 Å². The lowest BCUT2D eigenvalue weighted by atomic mass is 9.87. The minimum absolute atomic E-state index is 0.100. The number of carbonyl (C=O) groups is 1. The summed E-state index contributed by atoms with van der Waals surface area (Å²) in [5.41, 5.74) is 2.99. The number of aromatic nitrogens is 2. The highest BCUT2D eigenvalue weighted by molar-refractivity contribution is 9.10. The van der Waals surface area contributed by atoms with Crippen LogP contribution in [0.15, 0.2) is 28.7 Å². The van der Waals surface area contributed by atoms with Crippen molar-refractivity contribution >= 4 is 27.7 Å². The molecule has 0 radical (unpaired) electrons. The first-order valence-corrected chi connectivity index (χ1v) is 9.43. The lowest BCUT2D eigenvalue weighted by Crippen LogP contribution is -2.20. The molecule has 0 bridgehead atoms. The van der Waals surface area contributed by atoms with Crippen LogP contribution < -0.4 is 5.32 Å². The van der Waals surface area contributed by atoms with Gasteiger partial charge in [-0.05, 0) is 43.4 Å². The molecule has 5 heteroatoms. The summed E-state index contributed by atoms with van der Waals surface area (Å²) in [6, 6.07) is 8.11. The van der Waals surface area contributed by atoms with E-state index in [2.05, 4.69) is 26.3 Å². The predicted octanol–water partition coefficient (Wildman–Crippen LogP) is 5.07. The molecule has 3 rings (SSSR count).